The van der Waals surface area contributed by atoms with E-state index in [1.54, 1.807) is 30.3 Å². The van der Waals surface area contributed by atoms with Crippen LogP contribution in [0.25, 0.3) is 0 Å². The fraction of sp³-hybridized carbons (Fsp3) is 0.208. The number of methoxy groups -OCH3 is 1. The van der Waals surface area contributed by atoms with E-state index in [4.69, 9.17) is 10.5 Å². The van der Waals surface area contributed by atoms with E-state index in [-0.39, 0.29) is 5.56 Å². The summed E-state index contributed by atoms with van der Waals surface area (Å²) in [7, 11) is 1.45. The third-order valence-electron chi connectivity index (χ3n) is 5.65. The van der Waals surface area contributed by atoms with E-state index in [2.05, 4.69) is 4.98 Å². The molecule has 3 aromatic rings. The third kappa shape index (κ3) is 3.91. The molecule has 1 aromatic heterocycles. The van der Waals surface area contributed by atoms with Gasteiger partial charge >= 0.3 is 0 Å². The molecule has 6 nitrogen and oxygen atoms in total. The number of nitrogens with zero attached hydrogens (tertiary/aromatic N) is 2. The summed E-state index contributed by atoms with van der Waals surface area (Å²) in [6.45, 7) is 0. The van der Waals surface area contributed by atoms with Crippen molar-refractivity contribution >= 4 is 11.8 Å². The number of fused-ring (bicyclic) bond motifs is 1. The summed E-state index contributed by atoms with van der Waals surface area (Å²) in [5, 5.41) is 0. The molecule has 1 aliphatic rings. The standard InChI is InChI=1S/C24H21F2N3O3/c1-32-21-10-7-15(13-28-21)24(31)29(22(23(27)30)14-5-3-2-4-6-14)20-9-8-17-18(20)11-16(25)12-19(17)26/h2-7,10-13,20,22H,8-9H2,1H3,(H2,27,30)/t20-,22-/m1/s1. The largest absolute Gasteiger partial charge is 0.481 e. The average molecular weight is 437 g/mol. The van der Waals surface area contributed by atoms with Gasteiger partial charge < -0.3 is 15.4 Å². The molecule has 164 valence electrons. The summed E-state index contributed by atoms with van der Waals surface area (Å²) < 4.78 is 33.6. The number of nitrogens with two attached hydrogens (primary N) is 1. The van der Waals surface area contributed by atoms with Crippen LogP contribution in [0.3, 0.4) is 0 Å². The highest BCUT2D eigenvalue weighted by Crippen LogP contribution is 2.42. The number of benzene rings is 2. The fourth-order valence-electron chi connectivity index (χ4n) is 4.22. The molecule has 0 unspecified atom stereocenters. The molecule has 2 amide bonds. The van der Waals surface area contributed by atoms with E-state index in [0.717, 1.165) is 6.07 Å². The molecule has 4 rings (SSSR count). The van der Waals surface area contributed by atoms with Crippen LogP contribution in [-0.2, 0) is 11.2 Å². The van der Waals surface area contributed by atoms with Crippen LogP contribution < -0.4 is 10.5 Å². The molecule has 0 saturated carbocycles. The zero-order valence-electron chi connectivity index (χ0n) is 17.3. The van der Waals surface area contributed by atoms with Crippen molar-refractivity contribution in [1.29, 1.82) is 0 Å². The lowest BCUT2D eigenvalue weighted by Crippen LogP contribution is -2.43. The van der Waals surface area contributed by atoms with Crippen molar-refractivity contribution in [2.75, 3.05) is 7.11 Å². The Labute approximate surface area is 183 Å². The highest BCUT2D eigenvalue weighted by molar-refractivity contribution is 5.98. The third-order valence-corrected chi connectivity index (χ3v) is 5.65. The van der Waals surface area contributed by atoms with Crippen LogP contribution in [0.4, 0.5) is 8.78 Å². The van der Waals surface area contributed by atoms with Gasteiger partial charge in [-0.25, -0.2) is 13.8 Å². The van der Waals surface area contributed by atoms with Gasteiger partial charge in [-0.3, -0.25) is 9.59 Å². The maximum atomic E-state index is 14.4. The highest BCUT2D eigenvalue weighted by atomic mass is 19.1. The fourth-order valence-corrected chi connectivity index (χ4v) is 4.22. The van der Waals surface area contributed by atoms with Gasteiger partial charge in [0.15, 0.2) is 0 Å². The summed E-state index contributed by atoms with van der Waals surface area (Å²) in [6.07, 6.45) is 1.96. The highest BCUT2D eigenvalue weighted by Gasteiger charge is 2.40. The molecular formula is C24H21F2N3O3. The molecule has 0 saturated heterocycles. The first-order valence-corrected chi connectivity index (χ1v) is 10.1. The van der Waals surface area contributed by atoms with E-state index in [1.807, 2.05) is 0 Å². The number of carbonyl (C=O) groups is 2. The van der Waals surface area contributed by atoms with Crippen LogP contribution in [0, 0.1) is 11.6 Å². The smallest absolute Gasteiger partial charge is 0.256 e. The first-order chi connectivity index (χ1) is 15.4. The molecule has 2 N–H and O–H groups in total. The number of carbonyl (C=O) groups excluding carboxylic acids is 2. The Hall–Kier alpha value is -3.81. The first kappa shape index (κ1) is 21.4. The normalized spacial score (nSPS) is 15.7. The predicted octanol–water partition coefficient (Wildman–Crippen LogP) is 3.72. The summed E-state index contributed by atoms with van der Waals surface area (Å²) >= 11 is 0. The minimum atomic E-state index is -1.15. The summed E-state index contributed by atoms with van der Waals surface area (Å²) in [5.74, 6) is -2.39. The van der Waals surface area contributed by atoms with Gasteiger partial charge in [0.25, 0.3) is 5.91 Å². The molecule has 0 spiro atoms. The predicted molar refractivity (Wildman–Crippen MR) is 113 cm³/mol. The molecule has 32 heavy (non-hydrogen) atoms. The van der Waals surface area contributed by atoms with E-state index in [9.17, 15) is 18.4 Å². The lowest BCUT2D eigenvalue weighted by Gasteiger charge is -2.35. The van der Waals surface area contributed by atoms with Gasteiger partial charge in [0.1, 0.15) is 17.7 Å². The molecule has 1 aliphatic carbocycles. The van der Waals surface area contributed by atoms with Crippen molar-refractivity contribution in [2.45, 2.75) is 24.9 Å². The van der Waals surface area contributed by atoms with Gasteiger partial charge in [-0.2, -0.15) is 0 Å². The molecule has 0 bridgehead atoms. The number of hydrogen-bond acceptors (Lipinski definition) is 4. The molecule has 8 heteroatoms. The molecule has 0 fully saturated rings. The minimum Gasteiger partial charge on any atom is -0.481 e. The molecule has 2 atom stereocenters. The van der Waals surface area contributed by atoms with Gasteiger partial charge in [0, 0.05) is 18.3 Å². The number of rotatable bonds is 6. The SMILES string of the molecule is COc1ccc(C(=O)N([C@@H]2CCc3c(F)cc(F)cc32)[C@@H](C(N)=O)c2ccccc2)cn1. The van der Waals surface area contributed by atoms with Gasteiger partial charge in [0.2, 0.25) is 11.8 Å². The van der Waals surface area contributed by atoms with Crippen LogP contribution in [-0.4, -0.2) is 28.8 Å². The minimum absolute atomic E-state index is 0.193. The summed E-state index contributed by atoms with van der Waals surface area (Å²) in [5.41, 5.74) is 7.12. The first-order valence-electron chi connectivity index (χ1n) is 10.1. The Balaban J connectivity index is 1.86. The number of amides is 2. The number of aromatic nitrogens is 1. The number of primary amides is 1. The topological polar surface area (TPSA) is 85.5 Å². The average Bonchev–Trinajstić information content (AvgIpc) is 3.21. The Morgan fingerprint density at radius 1 is 1.16 bits per heavy atom. The van der Waals surface area contributed by atoms with Crippen LogP contribution in [0.15, 0.2) is 60.8 Å². The van der Waals surface area contributed by atoms with E-state index < -0.39 is 35.5 Å². The second kappa shape index (κ2) is 8.74. The van der Waals surface area contributed by atoms with Crippen LogP contribution in [0.5, 0.6) is 5.88 Å². The van der Waals surface area contributed by atoms with Gasteiger partial charge in [-0.15, -0.1) is 0 Å². The summed E-state index contributed by atoms with van der Waals surface area (Å²) in [4.78, 5) is 31.7. The Morgan fingerprint density at radius 2 is 1.91 bits per heavy atom. The molecule has 0 aliphatic heterocycles. The number of hydrogen-bond donors (Lipinski definition) is 1. The Bertz CT molecular complexity index is 1150. The Morgan fingerprint density at radius 3 is 2.53 bits per heavy atom. The van der Waals surface area contributed by atoms with Crippen molar-refractivity contribution < 1.29 is 23.1 Å². The van der Waals surface area contributed by atoms with E-state index in [0.29, 0.717) is 35.4 Å². The maximum absolute atomic E-state index is 14.4. The monoisotopic (exact) mass is 437 g/mol. The zero-order chi connectivity index (χ0) is 22.8. The van der Waals surface area contributed by atoms with E-state index in [1.165, 1.54) is 36.4 Å². The second-order valence-corrected chi connectivity index (χ2v) is 7.53. The maximum Gasteiger partial charge on any atom is 0.256 e. The number of pyridine rings is 1. The summed E-state index contributed by atoms with van der Waals surface area (Å²) in [6, 6.07) is 11.8. The van der Waals surface area contributed by atoms with Crippen LogP contribution in [0.2, 0.25) is 0 Å². The molecular weight excluding hydrogens is 416 g/mol. The number of ether oxygens (including phenoxy) is 1. The van der Waals surface area contributed by atoms with Crippen LogP contribution in [0.1, 0.15) is 45.6 Å². The molecule has 1 heterocycles. The van der Waals surface area contributed by atoms with Crippen molar-refractivity contribution in [3.8, 4) is 5.88 Å². The van der Waals surface area contributed by atoms with Gasteiger partial charge in [-0.05, 0) is 41.7 Å². The lowest BCUT2D eigenvalue weighted by molar-refractivity contribution is -0.123. The lowest BCUT2D eigenvalue weighted by atomic mass is 9.98. The van der Waals surface area contributed by atoms with Gasteiger partial charge in [-0.1, -0.05) is 30.3 Å². The molecule has 2 aromatic carbocycles. The quantitative estimate of drug-likeness (QED) is 0.637. The van der Waals surface area contributed by atoms with E-state index >= 15 is 0 Å². The van der Waals surface area contributed by atoms with Gasteiger partial charge in [0.05, 0.1) is 18.7 Å². The zero-order valence-corrected chi connectivity index (χ0v) is 17.3. The van der Waals surface area contributed by atoms with Crippen molar-refractivity contribution in [3.63, 3.8) is 0 Å². The van der Waals surface area contributed by atoms with Crippen LogP contribution >= 0.6 is 0 Å². The second-order valence-electron chi connectivity index (χ2n) is 7.53. The molecule has 0 radical (unpaired) electrons. The Kier molecular flexibility index (Phi) is 5.85. The van der Waals surface area contributed by atoms with Crippen molar-refractivity contribution in [1.82, 2.24) is 9.88 Å². The number of halogens is 2. The van der Waals surface area contributed by atoms with Crippen molar-refractivity contribution in [2.24, 2.45) is 5.73 Å². The van der Waals surface area contributed by atoms with Crippen molar-refractivity contribution in [3.05, 3.63) is 94.7 Å².